The molecule has 1 aliphatic rings. The molecular formula is C17H22N4OS. The minimum absolute atomic E-state index is 0.0348. The third-order valence-electron chi connectivity index (χ3n) is 4.26. The minimum Gasteiger partial charge on any atom is -0.347 e. The molecule has 1 aromatic carbocycles. The fraction of sp³-hybridized carbons (Fsp3) is 0.471. The summed E-state index contributed by atoms with van der Waals surface area (Å²) in [6, 6.07) is 10.8. The molecule has 6 heteroatoms. The van der Waals surface area contributed by atoms with Crippen molar-refractivity contribution in [2.45, 2.75) is 32.2 Å². The maximum absolute atomic E-state index is 12.3. The van der Waals surface area contributed by atoms with Gasteiger partial charge in [-0.3, -0.25) is 4.79 Å². The maximum atomic E-state index is 12.3. The fourth-order valence-electron chi connectivity index (χ4n) is 3.00. The van der Waals surface area contributed by atoms with E-state index in [0.717, 1.165) is 38.9 Å². The lowest BCUT2D eigenvalue weighted by atomic mass is 10.0. The van der Waals surface area contributed by atoms with E-state index in [1.165, 1.54) is 17.1 Å². The Morgan fingerprint density at radius 1 is 1.39 bits per heavy atom. The van der Waals surface area contributed by atoms with E-state index in [2.05, 4.69) is 44.1 Å². The summed E-state index contributed by atoms with van der Waals surface area (Å²) < 4.78 is 3.83. The van der Waals surface area contributed by atoms with Gasteiger partial charge in [-0.15, -0.1) is 5.10 Å². The highest BCUT2D eigenvalue weighted by molar-refractivity contribution is 7.08. The summed E-state index contributed by atoms with van der Waals surface area (Å²) in [6.45, 7) is 4.90. The maximum Gasteiger partial charge on any atom is 0.265 e. The predicted molar refractivity (Wildman–Crippen MR) is 91.7 cm³/mol. The molecule has 0 aliphatic carbocycles. The normalized spacial score (nSPS) is 18.7. The van der Waals surface area contributed by atoms with Crippen LogP contribution in [-0.2, 0) is 6.42 Å². The molecule has 1 N–H and O–H groups in total. The molecule has 2 heterocycles. The fourth-order valence-corrected chi connectivity index (χ4v) is 3.56. The smallest absolute Gasteiger partial charge is 0.265 e. The van der Waals surface area contributed by atoms with Gasteiger partial charge in [0.05, 0.1) is 5.69 Å². The van der Waals surface area contributed by atoms with Gasteiger partial charge in [0, 0.05) is 19.1 Å². The zero-order chi connectivity index (χ0) is 16.1. The minimum atomic E-state index is -0.0348. The molecule has 1 aliphatic heterocycles. The monoisotopic (exact) mass is 330 g/mol. The van der Waals surface area contributed by atoms with E-state index in [0.29, 0.717) is 10.6 Å². The van der Waals surface area contributed by atoms with Gasteiger partial charge in [0.1, 0.15) is 4.88 Å². The van der Waals surface area contributed by atoms with Gasteiger partial charge in [-0.05, 0) is 49.8 Å². The van der Waals surface area contributed by atoms with Crippen LogP contribution in [0, 0.1) is 6.92 Å². The van der Waals surface area contributed by atoms with Crippen molar-refractivity contribution < 1.29 is 4.79 Å². The summed E-state index contributed by atoms with van der Waals surface area (Å²) in [5, 5.41) is 7.05. The number of aryl methyl sites for hydroxylation is 1. The van der Waals surface area contributed by atoms with Crippen molar-refractivity contribution >= 4 is 17.4 Å². The molecule has 23 heavy (non-hydrogen) atoms. The average Bonchev–Trinajstić information content (AvgIpc) is 3.00. The molecule has 0 bridgehead atoms. The summed E-state index contributed by atoms with van der Waals surface area (Å²) in [7, 11) is 0. The topological polar surface area (TPSA) is 58.1 Å². The number of piperidine rings is 1. The first-order valence-corrected chi connectivity index (χ1v) is 8.86. The molecule has 0 unspecified atom stereocenters. The first-order valence-electron chi connectivity index (χ1n) is 8.08. The average molecular weight is 330 g/mol. The summed E-state index contributed by atoms with van der Waals surface area (Å²) >= 11 is 1.17. The van der Waals surface area contributed by atoms with E-state index in [1.54, 1.807) is 0 Å². The van der Waals surface area contributed by atoms with E-state index in [4.69, 9.17) is 0 Å². The number of hydrogen-bond acceptors (Lipinski definition) is 5. The lowest BCUT2D eigenvalue weighted by Gasteiger charge is -2.33. The van der Waals surface area contributed by atoms with Crippen LogP contribution < -0.4 is 5.32 Å². The van der Waals surface area contributed by atoms with E-state index in [-0.39, 0.29) is 11.9 Å². The van der Waals surface area contributed by atoms with Crippen molar-refractivity contribution in [2.24, 2.45) is 0 Å². The van der Waals surface area contributed by atoms with E-state index >= 15 is 0 Å². The van der Waals surface area contributed by atoms with Crippen LogP contribution in [0.25, 0.3) is 0 Å². The van der Waals surface area contributed by atoms with Crippen LogP contribution in [0.1, 0.15) is 33.8 Å². The molecule has 5 nitrogen and oxygen atoms in total. The van der Waals surface area contributed by atoms with Gasteiger partial charge in [0.25, 0.3) is 5.91 Å². The van der Waals surface area contributed by atoms with Crippen molar-refractivity contribution in [2.75, 3.05) is 19.6 Å². The number of aromatic nitrogens is 2. The van der Waals surface area contributed by atoms with Gasteiger partial charge in [0.2, 0.25) is 0 Å². The number of benzene rings is 1. The van der Waals surface area contributed by atoms with Crippen LogP contribution in [0.3, 0.4) is 0 Å². The molecule has 1 atom stereocenters. The Labute approximate surface area is 140 Å². The molecule has 2 aromatic rings. The van der Waals surface area contributed by atoms with Crippen LogP contribution in [0.15, 0.2) is 30.3 Å². The van der Waals surface area contributed by atoms with Crippen molar-refractivity contribution in [3.63, 3.8) is 0 Å². The molecule has 0 radical (unpaired) electrons. The highest BCUT2D eigenvalue weighted by atomic mass is 32.1. The second-order valence-electron chi connectivity index (χ2n) is 6.04. The van der Waals surface area contributed by atoms with Crippen LogP contribution >= 0.6 is 11.5 Å². The van der Waals surface area contributed by atoms with Crippen LogP contribution in [0.4, 0.5) is 0 Å². The molecule has 1 aromatic heterocycles. The number of nitrogens with zero attached hydrogens (tertiary/aromatic N) is 3. The lowest BCUT2D eigenvalue weighted by molar-refractivity contribution is 0.0907. The van der Waals surface area contributed by atoms with Crippen molar-refractivity contribution in [3.8, 4) is 0 Å². The summed E-state index contributed by atoms with van der Waals surface area (Å²) in [4.78, 5) is 15.4. The standard InChI is InChI=1S/C17H22N4OS/c1-13-16(23-20-19-13)17(22)18-15-8-5-10-21(12-15)11-9-14-6-3-2-4-7-14/h2-4,6-7,15H,5,8-12H2,1H3,(H,18,22)/t15-/m0/s1. The van der Waals surface area contributed by atoms with Gasteiger partial charge < -0.3 is 10.2 Å². The van der Waals surface area contributed by atoms with Gasteiger partial charge in [-0.2, -0.15) is 0 Å². The Hall–Kier alpha value is -1.79. The third-order valence-corrected chi connectivity index (χ3v) is 5.08. The lowest BCUT2D eigenvalue weighted by Crippen LogP contribution is -2.48. The van der Waals surface area contributed by atoms with Crippen LogP contribution in [-0.4, -0.2) is 46.1 Å². The van der Waals surface area contributed by atoms with E-state index in [1.807, 2.05) is 13.0 Å². The third kappa shape index (κ3) is 4.36. The second kappa shape index (κ2) is 7.66. The summed E-state index contributed by atoms with van der Waals surface area (Å²) in [6.07, 6.45) is 3.22. The highest BCUT2D eigenvalue weighted by Crippen LogP contribution is 2.14. The first-order chi connectivity index (χ1) is 11.2. The molecule has 122 valence electrons. The summed E-state index contributed by atoms with van der Waals surface area (Å²) in [5.74, 6) is -0.0348. The number of carbonyl (C=O) groups excluding carboxylic acids is 1. The Bertz CT molecular complexity index is 643. The molecule has 1 amide bonds. The SMILES string of the molecule is Cc1nnsc1C(=O)N[C@H]1CCCN(CCc2ccccc2)C1. The number of rotatable bonds is 5. The van der Waals surface area contributed by atoms with Crippen LogP contribution in [0.5, 0.6) is 0 Å². The largest absolute Gasteiger partial charge is 0.347 e. The first kappa shape index (κ1) is 16.1. The van der Waals surface area contributed by atoms with Gasteiger partial charge in [0.15, 0.2) is 0 Å². The Balaban J connectivity index is 1.50. The number of amides is 1. The Morgan fingerprint density at radius 2 is 2.22 bits per heavy atom. The van der Waals surface area contributed by atoms with Crippen molar-refractivity contribution in [3.05, 3.63) is 46.5 Å². The van der Waals surface area contributed by atoms with Gasteiger partial charge >= 0.3 is 0 Å². The zero-order valence-corrected chi connectivity index (χ0v) is 14.2. The number of hydrogen-bond donors (Lipinski definition) is 1. The van der Waals surface area contributed by atoms with E-state index in [9.17, 15) is 4.79 Å². The van der Waals surface area contributed by atoms with Crippen molar-refractivity contribution in [1.82, 2.24) is 19.8 Å². The number of carbonyl (C=O) groups is 1. The molecular weight excluding hydrogens is 308 g/mol. The Morgan fingerprint density at radius 3 is 2.96 bits per heavy atom. The molecule has 1 fully saturated rings. The zero-order valence-electron chi connectivity index (χ0n) is 13.4. The van der Waals surface area contributed by atoms with Crippen molar-refractivity contribution in [1.29, 1.82) is 0 Å². The highest BCUT2D eigenvalue weighted by Gasteiger charge is 2.23. The quantitative estimate of drug-likeness (QED) is 0.914. The van der Waals surface area contributed by atoms with Gasteiger partial charge in [-0.25, -0.2) is 0 Å². The Kier molecular flexibility index (Phi) is 5.35. The summed E-state index contributed by atoms with van der Waals surface area (Å²) in [5.41, 5.74) is 2.08. The predicted octanol–water partition coefficient (Wildman–Crippen LogP) is 2.28. The van der Waals surface area contributed by atoms with Gasteiger partial charge in [-0.1, -0.05) is 34.8 Å². The molecule has 0 saturated carbocycles. The van der Waals surface area contributed by atoms with E-state index < -0.39 is 0 Å². The number of nitrogens with one attached hydrogen (secondary N) is 1. The molecule has 0 spiro atoms. The van der Waals surface area contributed by atoms with Crippen LogP contribution in [0.2, 0.25) is 0 Å². The second-order valence-corrected chi connectivity index (χ2v) is 6.79. The number of likely N-dealkylation sites (tertiary alicyclic amines) is 1. The molecule has 1 saturated heterocycles. The molecule has 3 rings (SSSR count).